The smallest absolute Gasteiger partial charge is 0.0750 e. The van der Waals surface area contributed by atoms with E-state index < -0.39 is 0 Å². The lowest BCUT2D eigenvalue weighted by molar-refractivity contribution is 0.115. The van der Waals surface area contributed by atoms with Crippen LogP contribution in [0.15, 0.2) is 24.3 Å². The van der Waals surface area contributed by atoms with Crippen molar-refractivity contribution in [3.8, 4) is 0 Å². The van der Waals surface area contributed by atoms with E-state index in [1.165, 1.54) is 24.1 Å². The van der Waals surface area contributed by atoms with Gasteiger partial charge in [0, 0.05) is 38.0 Å². The summed E-state index contributed by atoms with van der Waals surface area (Å²) in [6.45, 7) is 6.27. The second-order valence-corrected chi connectivity index (χ2v) is 5.45. The largest absolute Gasteiger partial charge is 0.376 e. The fourth-order valence-electron chi connectivity index (χ4n) is 2.95. The number of anilines is 1. The minimum absolute atomic E-state index is 0.420. The van der Waals surface area contributed by atoms with Gasteiger partial charge in [0.2, 0.25) is 0 Å². The lowest BCUT2D eigenvalue weighted by Gasteiger charge is -2.28. The van der Waals surface area contributed by atoms with Crippen LogP contribution in [0.1, 0.15) is 25.3 Å². The standard InChI is InChI=1S/C15H22N2O/c1-12-10-17(11-14-6-4-8-18-14)15-7-3-2-5-13(15)9-16-12/h2-3,5,7,12,14,16H,4,6,8-11H2,1H3. The van der Waals surface area contributed by atoms with Crippen molar-refractivity contribution in [1.29, 1.82) is 0 Å². The van der Waals surface area contributed by atoms with Gasteiger partial charge < -0.3 is 15.0 Å². The van der Waals surface area contributed by atoms with Gasteiger partial charge in [-0.2, -0.15) is 0 Å². The first-order valence-electron chi connectivity index (χ1n) is 7.01. The van der Waals surface area contributed by atoms with Crippen LogP contribution in [0.2, 0.25) is 0 Å². The zero-order chi connectivity index (χ0) is 12.4. The van der Waals surface area contributed by atoms with Crippen LogP contribution < -0.4 is 10.2 Å². The highest BCUT2D eigenvalue weighted by molar-refractivity contribution is 5.54. The summed E-state index contributed by atoms with van der Waals surface area (Å²) in [5.74, 6) is 0. The molecule has 0 aromatic heterocycles. The van der Waals surface area contributed by atoms with Crippen molar-refractivity contribution >= 4 is 5.69 Å². The number of nitrogens with zero attached hydrogens (tertiary/aromatic N) is 1. The molecule has 2 unspecified atom stereocenters. The molecule has 0 amide bonds. The molecular weight excluding hydrogens is 224 g/mol. The zero-order valence-corrected chi connectivity index (χ0v) is 11.1. The molecule has 0 radical (unpaired) electrons. The normalized spacial score (nSPS) is 27.9. The first-order valence-corrected chi connectivity index (χ1v) is 7.01. The zero-order valence-electron chi connectivity index (χ0n) is 11.1. The van der Waals surface area contributed by atoms with Crippen LogP contribution in [0.4, 0.5) is 5.69 Å². The molecule has 3 nitrogen and oxygen atoms in total. The molecule has 1 aromatic carbocycles. The third-order valence-corrected chi connectivity index (χ3v) is 3.92. The average Bonchev–Trinajstić information content (AvgIpc) is 2.83. The average molecular weight is 246 g/mol. The van der Waals surface area contributed by atoms with E-state index in [4.69, 9.17) is 4.74 Å². The molecular formula is C15H22N2O. The van der Waals surface area contributed by atoms with E-state index in [0.717, 1.165) is 26.2 Å². The second-order valence-electron chi connectivity index (χ2n) is 5.45. The summed E-state index contributed by atoms with van der Waals surface area (Å²) in [4.78, 5) is 2.50. The summed E-state index contributed by atoms with van der Waals surface area (Å²) in [6, 6.07) is 9.25. The first kappa shape index (κ1) is 12.0. The second kappa shape index (κ2) is 5.29. The van der Waals surface area contributed by atoms with Crippen LogP contribution in [0.3, 0.4) is 0 Å². The molecule has 3 rings (SSSR count). The third kappa shape index (κ3) is 2.52. The Kier molecular flexibility index (Phi) is 3.52. The summed E-state index contributed by atoms with van der Waals surface area (Å²) in [5.41, 5.74) is 2.78. The Morgan fingerprint density at radius 3 is 3.11 bits per heavy atom. The van der Waals surface area contributed by atoms with Crippen LogP contribution in [0, 0.1) is 0 Å². The number of nitrogens with one attached hydrogen (secondary N) is 1. The highest BCUT2D eigenvalue weighted by Crippen LogP contribution is 2.25. The van der Waals surface area contributed by atoms with Gasteiger partial charge in [-0.05, 0) is 31.4 Å². The fourth-order valence-corrected chi connectivity index (χ4v) is 2.95. The maximum absolute atomic E-state index is 5.78. The van der Waals surface area contributed by atoms with Crippen molar-refractivity contribution in [3.05, 3.63) is 29.8 Å². The molecule has 2 heterocycles. The van der Waals surface area contributed by atoms with E-state index in [2.05, 4.69) is 41.4 Å². The summed E-state index contributed by atoms with van der Waals surface area (Å²) in [5, 5.41) is 3.57. The summed E-state index contributed by atoms with van der Waals surface area (Å²) < 4.78 is 5.78. The van der Waals surface area contributed by atoms with Gasteiger partial charge in [-0.1, -0.05) is 18.2 Å². The summed E-state index contributed by atoms with van der Waals surface area (Å²) in [7, 11) is 0. The molecule has 1 saturated heterocycles. The number of rotatable bonds is 2. The summed E-state index contributed by atoms with van der Waals surface area (Å²) in [6.07, 6.45) is 2.84. The van der Waals surface area contributed by atoms with E-state index in [9.17, 15) is 0 Å². The van der Waals surface area contributed by atoms with E-state index in [-0.39, 0.29) is 0 Å². The van der Waals surface area contributed by atoms with Gasteiger partial charge in [0.25, 0.3) is 0 Å². The van der Waals surface area contributed by atoms with Gasteiger partial charge >= 0.3 is 0 Å². The third-order valence-electron chi connectivity index (χ3n) is 3.92. The fraction of sp³-hybridized carbons (Fsp3) is 0.600. The predicted molar refractivity (Wildman–Crippen MR) is 73.9 cm³/mol. The van der Waals surface area contributed by atoms with Crippen LogP contribution in [-0.2, 0) is 11.3 Å². The molecule has 2 atom stereocenters. The van der Waals surface area contributed by atoms with Gasteiger partial charge in [0.1, 0.15) is 0 Å². The highest BCUT2D eigenvalue weighted by atomic mass is 16.5. The quantitative estimate of drug-likeness (QED) is 0.865. The molecule has 3 heteroatoms. The van der Waals surface area contributed by atoms with Crippen molar-refractivity contribution in [3.63, 3.8) is 0 Å². The predicted octanol–water partition coefficient (Wildman–Crippen LogP) is 2.16. The van der Waals surface area contributed by atoms with Crippen molar-refractivity contribution in [2.45, 2.75) is 38.5 Å². The molecule has 18 heavy (non-hydrogen) atoms. The molecule has 0 aliphatic carbocycles. The first-order chi connectivity index (χ1) is 8.83. The van der Waals surface area contributed by atoms with Crippen molar-refractivity contribution in [2.24, 2.45) is 0 Å². The van der Waals surface area contributed by atoms with Gasteiger partial charge in [-0.3, -0.25) is 0 Å². The number of hydrogen-bond acceptors (Lipinski definition) is 3. The maximum atomic E-state index is 5.78. The molecule has 2 aliphatic heterocycles. The number of ether oxygens (including phenoxy) is 1. The molecule has 1 fully saturated rings. The number of para-hydroxylation sites is 1. The van der Waals surface area contributed by atoms with E-state index in [1.807, 2.05) is 0 Å². The van der Waals surface area contributed by atoms with Crippen LogP contribution in [0.25, 0.3) is 0 Å². The Morgan fingerprint density at radius 1 is 1.39 bits per heavy atom. The van der Waals surface area contributed by atoms with E-state index in [1.54, 1.807) is 0 Å². The van der Waals surface area contributed by atoms with Gasteiger partial charge in [0.05, 0.1) is 6.10 Å². The molecule has 1 N–H and O–H groups in total. The molecule has 98 valence electrons. The number of benzene rings is 1. The van der Waals surface area contributed by atoms with Crippen LogP contribution in [0.5, 0.6) is 0 Å². The number of hydrogen-bond donors (Lipinski definition) is 1. The minimum atomic E-state index is 0.420. The Labute approximate surface area is 109 Å². The van der Waals surface area contributed by atoms with Gasteiger partial charge in [-0.15, -0.1) is 0 Å². The van der Waals surface area contributed by atoms with Gasteiger partial charge in [-0.25, -0.2) is 0 Å². The van der Waals surface area contributed by atoms with Crippen LogP contribution in [-0.4, -0.2) is 31.8 Å². The topological polar surface area (TPSA) is 24.5 Å². The highest BCUT2D eigenvalue weighted by Gasteiger charge is 2.23. The minimum Gasteiger partial charge on any atom is -0.376 e. The summed E-state index contributed by atoms with van der Waals surface area (Å²) >= 11 is 0. The maximum Gasteiger partial charge on any atom is 0.0750 e. The van der Waals surface area contributed by atoms with Gasteiger partial charge in [0.15, 0.2) is 0 Å². The lowest BCUT2D eigenvalue weighted by atomic mass is 10.1. The molecule has 0 spiro atoms. The Bertz CT molecular complexity index is 401. The molecule has 0 saturated carbocycles. The van der Waals surface area contributed by atoms with E-state index in [0.29, 0.717) is 12.1 Å². The Morgan fingerprint density at radius 2 is 2.28 bits per heavy atom. The van der Waals surface area contributed by atoms with Crippen LogP contribution >= 0.6 is 0 Å². The Balaban J connectivity index is 1.81. The Hall–Kier alpha value is -1.06. The lowest BCUT2D eigenvalue weighted by Crippen LogP contribution is -2.39. The molecule has 1 aromatic rings. The number of fused-ring (bicyclic) bond motifs is 1. The van der Waals surface area contributed by atoms with Crippen molar-refractivity contribution < 1.29 is 4.74 Å². The van der Waals surface area contributed by atoms with E-state index >= 15 is 0 Å². The van der Waals surface area contributed by atoms with Crippen molar-refractivity contribution in [2.75, 3.05) is 24.6 Å². The molecule has 2 aliphatic rings. The SMILES string of the molecule is CC1CN(CC2CCCO2)c2ccccc2CN1. The molecule has 0 bridgehead atoms. The van der Waals surface area contributed by atoms with Crippen molar-refractivity contribution in [1.82, 2.24) is 5.32 Å². The monoisotopic (exact) mass is 246 g/mol.